The standard InChI is InChI=1S/C19H22.C3H4/c1-5-9-18-14(2)12-13-19(16(18)4)15(3)17-10-7-6-8-11-17;1-3-2/h6-8,10-13H,3,5,9H2,1-2,4H3;1H,2H3. The third-order valence-corrected chi connectivity index (χ3v) is 3.78. The van der Waals surface area contributed by atoms with Crippen LogP contribution in [0.4, 0.5) is 0 Å². The summed E-state index contributed by atoms with van der Waals surface area (Å²) in [6.45, 7) is 12.6. The predicted octanol–water partition coefficient (Wildman–Crippen LogP) is 5.96. The van der Waals surface area contributed by atoms with Crippen molar-refractivity contribution in [2.24, 2.45) is 0 Å². The molecule has 0 bridgehead atoms. The second-order valence-corrected chi connectivity index (χ2v) is 5.42. The predicted molar refractivity (Wildman–Crippen MR) is 99.0 cm³/mol. The minimum Gasteiger partial charge on any atom is -0.120 e. The van der Waals surface area contributed by atoms with Crippen LogP contribution >= 0.6 is 0 Å². The molecular formula is C22H26. The first-order chi connectivity index (χ1) is 10.6. The van der Waals surface area contributed by atoms with Crippen LogP contribution in [0.1, 0.15) is 48.1 Å². The van der Waals surface area contributed by atoms with Crippen LogP contribution in [0, 0.1) is 26.2 Å². The lowest BCUT2D eigenvalue weighted by Crippen LogP contribution is -1.99. The third kappa shape index (κ3) is 4.37. The largest absolute Gasteiger partial charge is 0.120 e. The Morgan fingerprint density at radius 2 is 1.68 bits per heavy atom. The summed E-state index contributed by atoms with van der Waals surface area (Å²) < 4.78 is 0. The Kier molecular flexibility index (Phi) is 7.20. The van der Waals surface area contributed by atoms with E-state index in [-0.39, 0.29) is 0 Å². The molecular weight excluding hydrogens is 264 g/mol. The van der Waals surface area contributed by atoms with Gasteiger partial charge in [-0.15, -0.1) is 12.3 Å². The van der Waals surface area contributed by atoms with Gasteiger partial charge < -0.3 is 0 Å². The molecule has 0 heteroatoms. The summed E-state index contributed by atoms with van der Waals surface area (Å²) in [6, 6.07) is 14.9. The van der Waals surface area contributed by atoms with Gasteiger partial charge in [-0.1, -0.05) is 62.4 Å². The summed E-state index contributed by atoms with van der Waals surface area (Å²) in [6.07, 6.45) is 6.93. The van der Waals surface area contributed by atoms with E-state index >= 15 is 0 Å². The summed E-state index contributed by atoms with van der Waals surface area (Å²) in [5.41, 5.74) is 7.87. The molecule has 0 nitrogen and oxygen atoms in total. The number of aryl methyl sites for hydroxylation is 1. The fourth-order valence-corrected chi connectivity index (χ4v) is 2.65. The number of rotatable bonds is 4. The first kappa shape index (κ1) is 17.8. The van der Waals surface area contributed by atoms with Crippen LogP contribution in [0.3, 0.4) is 0 Å². The summed E-state index contributed by atoms with van der Waals surface area (Å²) in [5.74, 6) is 2.25. The highest BCUT2D eigenvalue weighted by Crippen LogP contribution is 2.28. The highest BCUT2D eigenvalue weighted by atomic mass is 14.1. The molecule has 0 aliphatic rings. The van der Waals surface area contributed by atoms with Gasteiger partial charge >= 0.3 is 0 Å². The van der Waals surface area contributed by atoms with Crippen molar-refractivity contribution in [3.05, 3.63) is 76.9 Å². The lowest BCUT2D eigenvalue weighted by molar-refractivity contribution is 0.902. The van der Waals surface area contributed by atoms with E-state index in [9.17, 15) is 0 Å². The Bertz CT molecular complexity index is 654. The van der Waals surface area contributed by atoms with E-state index in [0.717, 1.165) is 12.0 Å². The molecule has 0 amide bonds. The molecule has 0 aliphatic carbocycles. The zero-order valence-electron chi connectivity index (χ0n) is 14.2. The molecule has 2 rings (SSSR count). The van der Waals surface area contributed by atoms with Crippen LogP contribution in [0.25, 0.3) is 5.57 Å². The molecule has 0 aliphatic heterocycles. The summed E-state index contributed by atoms with van der Waals surface area (Å²) >= 11 is 0. The maximum Gasteiger partial charge on any atom is -0.00297 e. The normalized spacial score (nSPS) is 9.41. The average molecular weight is 290 g/mol. The van der Waals surface area contributed by atoms with Crippen LogP contribution < -0.4 is 0 Å². The molecule has 0 atom stereocenters. The zero-order chi connectivity index (χ0) is 16.5. The molecule has 0 unspecified atom stereocenters. The molecule has 22 heavy (non-hydrogen) atoms. The first-order valence-electron chi connectivity index (χ1n) is 7.77. The average Bonchev–Trinajstić information content (AvgIpc) is 2.52. The van der Waals surface area contributed by atoms with Crippen molar-refractivity contribution < 1.29 is 0 Å². The molecule has 0 aromatic heterocycles. The molecule has 0 N–H and O–H groups in total. The van der Waals surface area contributed by atoms with Gasteiger partial charge in [-0.2, -0.15) is 0 Å². The zero-order valence-corrected chi connectivity index (χ0v) is 14.2. The Hall–Kier alpha value is -2.26. The van der Waals surface area contributed by atoms with Gasteiger partial charge in [0.1, 0.15) is 0 Å². The lowest BCUT2D eigenvalue weighted by Gasteiger charge is -2.16. The van der Waals surface area contributed by atoms with Crippen molar-refractivity contribution in [1.82, 2.24) is 0 Å². The Morgan fingerprint density at radius 3 is 2.23 bits per heavy atom. The van der Waals surface area contributed by atoms with Crippen LogP contribution in [0.2, 0.25) is 0 Å². The van der Waals surface area contributed by atoms with Crippen molar-refractivity contribution in [3.8, 4) is 12.3 Å². The van der Waals surface area contributed by atoms with Crippen LogP contribution in [-0.2, 0) is 6.42 Å². The lowest BCUT2D eigenvalue weighted by atomic mass is 9.89. The van der Waals surface area contributed by atoms with E-state index in [1.807, 2.05) is 6.07 Å². The highest BCUT2D eigenvalue weighted by Gasteiger charge is 2.10. The van der Waals surface area contributed by atoms with Crippen molar-refractivity contribution in [1.29, 1.82) is 0 Å². The monoisotopic (exact) mass is 290 g/mol. The SMILES string of the molecule is C#CC.C=C(c1ccccc1)c1ccc(C)c(CCC)c1C. The fraction of sp³-hybridized carbons (Fsp3) is 0.273. The van der Waals surface area contributed by atoms with E-state index in [2.05, 4.69) is 76.1 Å². The topological polar surface area (TPSA) is 0 Å². The highest BCUT2D eigenvalue weighted by molar-refractivity contribution is 5.80. The van der Waals surface area contributed by atoms with E-state index in [0.29, 0.717) is 0 Å². The summed E-state index contributed by atoms with van der Waals surface area (Å²) in [7, 11) is 0. The molecule has 0 spiro atoms. The number of benzene rings is 2. The van der Waals surface area contributed by atoms with Gasteiger partial charge in [0, 0.05) is 0 Å². The molecule has 0 radical (unpaired) electrons. The maximum atomic E-state index is 4.60. The maximum absolute atomic E-state index is 4.60. The second kappa shape index (κ2) is 8.90. The van der Waals surface area contributed by atoms with Gasteiger partial charge in [0.05, 0.1) is 0 Å². The van der Waals surface area contributed by atoms with Crippen LogP contribution in [-0.4, -0.2) is 0 Å². The Labute approximate surface area is 135 Å². The smallest absolute Gasteiger partial charge is 0.00297 e. The van der Waals surface area contributed by atoms with Crippen LogP contribution in [0.15, 0.2) is 49.0 Å². The number of terminal acetylenes is 1. The van der Waals surface area contributed by atoms with Gasteiger partial charge in [0.2, 0.25) is 0 Å². The van der Waals surface area contributed by atoms with Crippen LogP contribution in [0.5, 0.6) is 0 Å². The van der Waals surface area contributed by atoms with E-state index in [4.69, 9.17) is 0 Å². The van der Waals surface area contributed by atoms with E-state index in [1.54, 1.807) is 6.92 Å². The Balaban J connectivity index is 0.000000745. The molecule has 2 aromatic carbocycles. The number of hydrogen-bond acceptors (Lipinski definition) is 0. The van der Waals surface area contributed by atoms with E-state index < -0.39 is 0 Å². The molecule has 114 valence electrons. The van der Waals surface area contributed by atoms with Gasteiger partial charge in [0.25, 0.3) is 0 Å². The second-order valence-electron chi connectivity index (χ2n) is 5.42. The van der Waals surface area contributed by atoms with Gasteiger partial charge in [0.15, 0.2) is 0 Å². The molecule has 2 aromatic rings. The molecule has 0 saturated heterocycles. The van der Waals surface area contributed by atoms with Gasteiger partial charge in [-0.25, -0.2) is 0 Å². The van der Waals surface area contributed by atoms with Crippen molar-refractivity contribution in [3.63, 3.8) is 0 Å². The van der Waals surface area contributed by atoms with Crippen molar-refractivity contribution in [2.45, 2.75) is 40.5 Å². The van der Waals surface area contributed by atoms with E-state index in [1.165, 1.54) is 34.2 Å². The summed E-state index contributed by atoms with van der Waals surface area (Å²) in [4.78, 5) is 0. The third-order valence-electron chi connectivity index (χ3n) is 3.78. The van der Waals surface area contributed by atoms with Crippen molar-refractivity contribution >= 4 is 5.57 Å². The van der Waals surface area contributed by atoms with Gasteiger partial charge in [-0.3, -0.25) is 0 Å². The Morgan fingerprint density at radius 1 is 1.09 bits per heavy atom. The van der Waals surface area contributed by atoms with Gasteiger partial charge in [-0.05, 0) is 60.6 Å². The quantitative estimate of drug-likeness (QED) is 0.610. The summed E-state index contributed by atoms with van der Waals surface area (Å²) in [5, 5.41) is 0. The molecule has 0 fully saturated rings. The van der Waals surface area contributed by atoms with Crippen molar-refractivity contribution in [2.75, 3.05) is 0 Å². The minimum absolute atomic E-state index is 1.12. The fourth-order valence-electron chi connectivity index (χ4n) is 2.65. The first-order valence-corrected chi connectivity index (χ1v) is 7.77. The number of hydrogen-bond donors (Lipinski definition) is 0. The molecule has 0 saturated carbocycles. The minimum atomic E-state index is 1.12. The molecule has 0 heterocycles.